The van der Waals surface area contributed by atoms with Gasteiger partial charge in [-0.2, -0.15) is 4.98 Å². The first-order valence-corrected chi connectivity index (χ1v) is 10.3. The molecule has 3 aromatic heterocycles. The van der Waals surface area contributed by atoms with Crippen LogP contribution in [-0.4, -0.2) is 60.4 Å². The Kier molecular flexibility index (Phi) is 6.01. The Bertz CT molecular complexity index is 953. The number of hydrogen-bond donors (Lipinski definition) is 2. The van der Waals surface area contributed by atoms with Crippen LogP contribution in [0.2, 0.25) is 0 Å². The zero-order valence-electron chi connectivity index (χ0n) is 16.1. The minimum Gasteiger partial charge on any atom is -0.378 e. The molecule has 4 heterocycles. The van der Waals surface area contributed by atoms with Gasteiger partial charge in [-0.25, -0.2) is 4.98 Å². The molecule has 4 rings (SSSR count). The van der Waals surface area contributed by atoms with Gasteiger partial charge < -0.3 is 24.8 Å². The summed E-state index contributed by atoms with van der Waals surface area (Å²) in [5.41, 5.74) is 1.14. The number of rotatable bonds is 7. The maximum absolute atomic E-state index is 12.2. The van der Waals surface area contributed by atoms with Crippen LogP contribution in [0.25, 0.3) is 10.6 Å². The number of morpholine rings is 1. The van der Waals surface area contributed by atoms with E-state index in [1.54, 1.807) is 6.07 Å². The molecule has 0 bridgehead atoms. The molecule has 0 radical (unpaired) electrons. The number of carbonyl (C=O) groups is 1. The molecular weight excluding hydrogens is 392 g/mol. The van der Waals surface area contributed by atoms with E-state index in [0.29, 0.717) is 38.0 Å². The quantitative estimate of drug-likeness (QED) is 0.567. The molecule has 1 aliphatic rings. The molecule has 1 aliphatic heterocycles. The number of nitrogens with zero attached hydrogens (tertiary/aromatic N) is 4. The molecule has 0 saturated carbocycles. The standard InChI is InChI=1S/C19H22N6O3S/c1-13-11-17(25-6-8-27-9-7-25)23-19(22-13)21-5-4-20-18(26)14-12-15(28-24-14)16-3-2-10-29-16/h2-3,10-12H,4-9H2,1H3,(H,20,26)(H,21,22,23). The van der Waals surface area contributed by atoms with E-state index < -0.39 is 0 Å². The third-order valence-electron chi connectivity index (χ3n) is 4.38. The van der Waals surface area contributed by atoms with Crippen LogP contribution in [0.15, 0.2) is 34.2 Å². The number of carbonyl (C=O) groups excluding carboxylic acids is 1. The van der Waals surface area contributed by atoms with Gasteiger partial charge in [0, 0.05) is 44.0 Å². The zero-order valence-corrected chi connectivity index (χ0v) is 16.9. The van der Waals surface area contributed by atoms with Crippen LogP contribution in [0.3, 0.4) is 0 Å². The second kappa shape index (κ2) is 9.01. The van der Waals surface area contributed by atoms with Crippen LogP contribution < -0.4 is 15.5 Å². The zero-order chi connectivity index (χ0) is 20.1. The SMILES string of the molecule is Cc1cc(N2CCOCC2)nc(NCCNC(=O)c2cc(-c3cccs3)on2)n1. The molecule has 0 unspecified atom stereocenters. The van der Waals surface area contributed by atoms with Gasteiger partial charge in [0.2, 0.25) is 5.95 Å². The highest BCUT2D eigenvalue weighted by molar-refractivity contribution is 7.13. The smallest absolute Gasteiger partial charge is 0.273 e. The number of anilines is 2. The summed E-state index contributed by atoms with van der Waals surface area (Å²) in [6.07, 6.45) is 0. The molecule has 9 nitrogen and oxygen atoms in total. The van der Waals surface area contributed by atoms with Gasteiger partial charge in [-0.3, -0.25) is 4.79 Å². The van der Waals surface area contributed by atoms with Crippen LogP contribution in [0.5, 0.6) is 0 Å². The maximum atomic E-state index is 12.2. The molecule has 1 amide bonds. The Morgan fingerprint density at radius 2 is 2.10 bits per heavy atom. The lowest BCUT2D eigenvalue weighted by molar-refractivity contribution is 0.0946. The van der Waals surface area contributed by atoms with E-state index >= 15 is 0 Å². The van der Waals surface area contributed by atoms with Crippen molar-refractivity contribution in [3.63, 3.8) is 0 Å². The highest BCUT2D eigenvalue weighted by atomic mass is 32.1. The fourth-order valence-electron chi connectivity index (χ4n) is 2.94. The van der Waals surface area contributed by atoms with E-state index in [9.17, 15) is 4.79 Å². The number of thiophene rings is 1. The van der Waals surface area contributed by atoms with Gasteiger partial charge in [-0.15, -0.1) is 11.3 Å². The van der Waals surface area contributed by atoms with Crippen molar-refractivity contribution in [1.82, 2.24) is 20.4 Å². The molecule has 0 aromatic carbocycles. The molecule has 0 aliphatic carbocycles. The number of nitrogens with one attached hydrogen (secondary N) is 2. The van der Waals surface area contributed by atoms with E-state index in [-0.39, 0.29) is 11.6 Å². The van der Waals surface area contributed by atoms with Gasteiger partial charge >= 0.3 is 0 Å². The van der Waals surface area contributed by atoms with Crippen molar-refractivity contribution in [1.29, 1.82) is 0 Å². The normalized spacial score (nSPS) is 14.0. The largest absolute Gasteiger partial charge is 0.378 e. The van der Waals surface area contributed by atoms with Crippen molar-refractivity contribution in [2.45, 2.75) is 6.92 Å². The fraction of sp³-hybridized carbons (Fsp3) is 0.368. The highest BCUT2D eigenvalue weighted by Crippen LogP contribution is 2.25. The molecule has 29 heavy (non-hydrogen) atoms. The molecule has 2 N–H and O–H groups in total. The van der Waals surface area contributed by atoms with E-state index in [0.717, 1.165) is 29.5 Å². The lowest BCUT2D eigenvalue weighted by Gasteiger charge is -2.28. The van der Waals surface area contributed by atoms with E-state index in [4.69, 9.17) is 9.26 Å². The van der Waals surface area contributed by atoms with E-state index in [2.05, 4.69) is 30.7 Å². The Balaban J connectivity index is 1.28. The van der Waals surface area contributed by atoms with Crippen LogP contribution in [0.1, 0.15) is 16.2 Å². The minimum atomic E-state index is -0.280. The second-order valence-corrected chi connectivity index (χ2v) is 7.47. The number of aryl methyl sites for hydroxylation is 1. The summed E-state index contributed by atoms with van der Waals surface area (Å²) in [7, 11) is 0. The van der Waals surface area contributed by atoms with Gasteiger partial charge in [0.15, 0.2) is 11.5 Å². The average Bonchev–Trinajstić information content (AvgIpc) is 3.43. The fourth-order valence-corrected chi connectivity index (χ4v) is 3.62. The average molecular weight is 414 g/mol. The predicted molar refractivity (Wildman–Crippen MR) is 110 cm³/mol. The molecule has 152 valence electrons. The lowest BCUT2D eigenvalue weighted by Crippen LogP contribution is -2.37. The van der Waals surface area contributed by atoms with Gasteiger partial charge in [0.25, 0.3) is 5.91 Å². The first kappa shape index (κ1) is 19.3. The molecule has 1 fully saturated rings. The van der Waals surface area contributed by atoms with Crippen molar-refractivity contribution in [3.8, 4) is 10.6 Å². The monoisotopic (exact) mass is 414 g/mol. The number of amides is 1. The molecule has 0 atom stereocenters. The lowest BCUT2D eigenvalue weighted by atomic mass is 10.3. The third-order valence-corrected chi connectivity index (χ3v) is 5.26. The maximum Gasteiger partial charge on any atom is 0.273 e. The third kappa shape index (κ3) is 4.90. The summed E-state index contributed by atoms with van der Waals surface area (Å²) in [6, 6.07) is 7.45. The Morgan fingerprint density at radius 1 is 1.24 bits per heavy atom. The summed E-state index contributed by atoms with van der Waals surface area (Å²) in [5.74, 6) is 1.74. The first-order chi connectivity index (χ1) is 14.2. The Hall–Kier alpha value is -2.98. The summed E-state index contributed by atoms with van der Waals surface area (Å²) < 4.78 is 10.6. The molecular formula is C19H22N6O3S. The van der Waals surface area contributed by atoms with Gasteiger partial charge in [0.1, 0.15) is 5.82 Å². The molecule has 1 saturated heterocycles. The topological polar surface area (TPSA) is 105 Å². The Labute approximate surface area is 172 Å². The first-order valence-electron chi connectivity index (χ1n) is 9.40. The van der Waals surface area contributed by atoms with Crippen molar-refractivity contribution in [3.05, 3.63) is 41.0 Å². The van der Waals surface area contributed by atoms with Crippen LogP contribution in [0.4, 0.5) is 11.8 Å². The van der Waals surface area contributed by atoms with Crippen LogP contribution in [-0.2, 0) is 4.74 Å². The van der Waals surface area contributed by atoms with E-state index in [1.807, 2.05) is 30.5 Å². The number of aromatic nitrogens is 3. The van der Waals surface area contributed by atoms with Crippen molar-refractivity contribution in [2.75, 3.05) is 49.6 Å². The van der Waals surface area contributed by atoms with Gasteiger partial charge in [0.05, 0.1) is 18.1 Å². The molecule has 10 heteroatoms. The predicted octanol–water partition coefficient (Wildman–Crippen LogP) is 2.18. The van der Waals surface area contributed by atoms with Crippen LogP contribution >= 0.6 is 11.3 Å². The highest BCUT2D eigenvalue weighted by Gasteiger charge is 2.15. The molecule has 3 aromatic rings. The van der Waals surface area contributed by atoms with Crippen molar-refractivity contribution < 1.29 is 14.1 Å². The van der Waals surface area contributed by atoms with Gasteiger partial charge in [-0.1, -0.05) is 11.2 Å². The Morgan fingerprint density at radius 3 is 2.90 bits per heavy atom. The summed E-state index contributed by atoms with van der Waals surface area (Å²) in [6.45, 7) is 5.88. The number of hydrogen-bond acceptors (Lipinski definition) is 9. The van der Waals surface area contributed by atoms with E-state index in [1.165, 1.54) is 11.3 Å². The minimum absolute atomic E-state index is 0.259. The second-order valence-electron chi connectivity index (χ2n) is 6.53. The van der Waals surface area contributed by atoms with Gasteiger partial charge in [-0.05, 0) is 18.4 Å². The van der Waals surface area contributed by atoms with Crippen LogP contribution in [0, 0.1) is 6.92 Å². The summed E-state index contributed by atoms with van der Waals surface area (Å²) >= 11 is 1.53. The van der Waals surface area contributed by atoms with Crippen molar-refractivity contribution >= 4 is 29.0 Å². The summed E-state index contributed by atoms with van der Waals surface area (Å²) in [5, 5.41) is 11.8. The van der Waals surface area contributed by atoms with Crippen molar-refractivity contribution in [2.24, 2.45) is 0 Å². The molecule has 0 spiro atoms. The summed E-state index contributed by atoms with van der Waals surface area (Å²) in [4.78, 5) is 24.4. The number of ether oxygens (including phenoxy) is 1.